The van der Waals surface area contributed by atoms with Crippen molar-refractivity contribution in [3.05, 3.63) is 0 Å². The van der Waals surface area contributed by atoms with Crippen molar-refractivity contribution in [2.24, 2.45) is 0 Å². The summed E-state index contributed by atoms with van der Waals surface area (Å²) in [6, 6.07) is -0.0649. The van der Waals surface area contributed by atoms with Crippen LogP contribution in [0.25, 0.3) is 0 Å². The molecule has 0 fully saturated rings. The van der Waals surface area contributed by atoms with Gasteiger partial charge in [-0.25, -0.2) is 0 Å². The van der Waals surface area contributed by atoms with Crippen LogP contribution in [0.1, 0.15) is 20.3 Å². The minimum atomic E-state index is -0.0649. The van der Waals surface area contributed by atoms with Crippen LogP contribution in [0.2, 0.25) is 0 Å². The third-order valence-corrected chi connectivity index (χ3v) is 1.34. The molecule has 0 radical (unpaired) electrons. The highest BCUT2D eigenvalue weighted by Gasteiger charge is 2.07. The maximum atomic E-state index is 10.8. The Labute approximate surface area is 63.0 Å². The molecule has 0 aromatic carbocycles. The molecule has 0 aliphatic rings. The zero-order chi connectivity index (χ0) is 7.98. The first-order chi connectivity index (χ1) is 4.72. The number of carbonyl (C=O) groups is 1. The van der Waals surface area contributed by atoms with Gasteiger partial charge in [-0.15, -0.1) is 0 Å². The Morgan fingerprint density at radius 2 is 2.30 bits per heavy atom. The van der Waals surface area contributed by atoms with Crippen LogP contribution in [0, 0.1) is 0 Å². The Kier molecular flexibility index (Phi) is 5.03. The van der Waals surface area contributed by atoms with Gasteiger partial charge in [0.2, 0.25) is 13.9 Å². The van der Waals surface area contributed by atoms with E-state index in [0.29, 0.717) is 0 Å². The fraction of sp³-hybridized carbons (Fsp3) is 0.833. The summed E-state index contributed by atoms with van der Waals surface area (Å²) in [5.74, 6) is 0.0495. The van der Waals surface area contributed by atoms with Gasteiger partial charge < -0.3 is 10.5 Å². The van der Waals surface area contributed by atoms with E-state index in [2.05, 4.69) is 17.5 Å². The van der Waals surface area contributed by atoms with Crippen molar-refractivity contribution in [1.82, 2.24) is 10.5 Å². The summed E-state index contributed by atoms with van der Waals surface area (Å²) in [5.41, 5.74) is 0. The van der Waals surface area contributed by atoms with Crippen molar-refractivity contribution in [3.8, 4) is 0 Å². The second kappa shape index (κ2) is 5.29. The zero-order valence-electron chi connectivity index (χ0n) is 6.90. The van der Waals surface area contributed by atoms with Crippen LogP contribution < -0.4 is 10.5 Å². The monoisotopic (exact) mass is 142 g/mol. The molecule has 3 nitrogen and oxygen atoms in total. The summed E-state index contributed by atoms with van der Waals surface area (Å²) in [5, 5.41) is 5.64. The SMILES string of the molecule is BNC(=O)C(C)NCCC. The Bertz CT molecular complexity index is 108. The molecule has 58 valence electrons. The lowest BCUT2D eigenvalue weighted by Gasteiger charge is -2.10. The first kappa shape index (κ1) is 9.49. The number of rotatable bonds is 4. The Morgan fingerprint density at radius 1 is 1.70 bits per heavy atom. The highest BCUT2D eigenvalue weighted by molar-refractivity contribution is 6.15. The predicted molar refractivity (Wildman–Crippen MR) is 44.4 cm³/mol. The lowest BCUT2D eigenvalue weighted by Crippen LogP contribution is -2.41. The maximum absolute atomic E-state index is 10.8. The summed E-state index contributed by atoms with van der Waals surface area (Å²) < 4.78 is 0. The number of carbonyl (C=O) groups excluding carboxylic acids is 1. The molecule has 0 saturated heterocycles. The maximum Gasteiger partial charge on any atom is 0.224 e. The van der Waals surface area contributed by atoms with Crippen molar-refractivity contribution in [1.29, 1.82) is 0 Å². The third-order valence-electron chi connectivity index (χ3n) is 1.34. The van der Waals surface area contributed by atoms with Gasteiger partial charge in [0.25, 0.3) is 0 Å². The summed E-state index contributed by atoms with van der Waals surface area (Å²) in [4.78, 5) is 10.8. The van der Waals surface area contributed by atoms with Gasteiger partial charge in [-0.05, 0) is 19.9 Å². The number of hydrogen-bond acceptors (Lipinski definition) is 2. The smallest absolute Gasteiger partial charge is 0.224 e. The van der Waals surface area contributed by atoms with Gasteiger partial charge in [-0.1, -0.05) is 6.92 Å². The molecule has 0 aromatic heterocycles. The van der Waals surface area contributed by atoms with Crippen LogP contribution in [-0.2, 0) is 4.79 Å². The molecule has 4 heteroatoms. The van der Waals surface area contributed by atoms with E-state index in [-0.39, 0.29) is 11.9 Å². The Hall–Kier alpha value is -0.505. The molecule has 1 amide bonds. The van der Waals surface area contributed by atoms with E-state index in [1.165, 1.54) is 0 Å². The third kappa shape index (κ3) is 3.51. The predicted octanol–water partition coefficient (Wildman–Crippen LogP) is -0.961. The quantitative estimate of drug-likeness (QED) is 0.496. The Morgan fingerprint density at radius 3 is 2.70 bits per heavy atom. The lowest BCUT2D eigenvalue weighted by atomic mass is 10.2. The standard InChI is InChI=1S/C6H15BN2O/c1-3-4-8-5(2)6(10)9-7/h5,8H,3-4,7H2,1-2H3,(H,9,10). The fourth-order valence-electron chi connectivity index (χ4n) is 0.670. The summed E-state index contributed by atoms with van der Waals surface area (Å²) in [7, 11) is 1.65. The molecule has 1 atom stereocenters. The van der Waals surface area contributed by atoms with E-state index in [1.54, 1.807) is 7.98 Å². The van der Waals surface area contributed by atoms with E-state index in [9.17, 15) is 4.79 Å². The fourth-order valence-corrected chi connectivity index (χ4v) is 0.670. The average molecular weight is 142 g/mol. The molecule has 0 spiro atoms. The second-order valence-electron chi connectivity index (χ2n) is 2.29. The summed E-state index contributed by atoms with van der Waals surface area (Å²) in [6.07, 6.45) is 1.06. The van der Waals surface area contributed by atoms with Crippen molar-refractivity contribution in [2.45, 2.75) is 26.3 Å². The van der Waals surface area contributed by atoms with Crippen molar-refractivity contribution in [2.75, 3.05) is 6.54 Å². The molecule has 0 heterocycles. The van der Waals surface area contributed by atoms with Crippen molar-refractivity contribution in [3.63, 3.8) is 0 Å². The minimum Gasteiger partial charge on any atom is -0.405 e. The second-order valence-corrected chi connectivity index (χ2v) is 2.29. The Balaban J connectivity index is 3.41. The lowest BCUT2D eigenvalue weighted by molar-refractivity contribution is -0.121. The topological polar surface area (TPSA) is 41.1 Å². The van der Waals surface area contributed by atoms with Crippen LogP contribution in [0.3, 0.4) is 0 Å². The largest absolute Gasteiger partial charge is 0.405 e. The molecule has 0 aromatic rings. The van der Waals surface area contributed by atoms with Crippen molar-refractivity contribution < 1.29 is 4.79 Å². The van der Waals surface area contributed by atoms with Gasteiger partial charge in [-0.2, -0.15) is 0 Å². The average Bonchev–Trinajstić information content (AvgIpc) is 1.98. The molecule has 0 bridgehead atoms. The highest BCUT2D eigenvalue weighted by Crippen LogP contribution is 1.80. The molecule has 1 unspecified atom stereocenters. The first-order valence-electron chi connectivity index (χ1n) is 3.67. The van der Waals surface area contributed by atoms with E-state index >= 15 is 0 Å². The van der Waals surface area contributed by atoms with E-state index in [0.717, 1.165) is 13.0 Å². The molecule has 10 heavy (non-hydrogen) atoms. The molecular formula is C6H15BN2O. The van der Waals surface area contributed by atoms with E-state index < -0.39 is 0 Å². The van der Waals surface area contributed by atoms with Crippen molar-refractivity contribution >= 4 is 13.9 Å². The van der Waals surface area contributed by atoms with Crippen LogP contribution >= 0.6 is 0 Å². The molecular weight excluding hydrogens is 127 g/mol. The zero-order valence-corrected chi connectivity index (χ0v) is 6.90. The summed E-state index contributed by atoms with van der Waals surface area (Å²) >= 11 is 0. The molecule has 0 aliphatic carbocycles. The van der Waals surface area contributed by atoms with Gasteiger partial charge >= 0.3 is 0 Å². The minimum absolute atomic E-state index is 0.0495. The van der Waals surface area contributed by atoms with Crippen LogP contribution in [0.15, 0.2) is 0 Å². The van der Waals surface area contributed by atoms with Gasteiger partial charge in [0.1, 0.15) is 0 Å². The molecule has 2 N–H and O–H groups in total. The van der Waals surface area contributed by atoms with E-state index in [1.807, 2.05) is 6.92 Å². The first-order valence-corrected chi connectivity index (χ1v) is 3.67. The normalized spacial score (nSPS) is 12.6. The molecule has 0 aliphatic heterocycles. The van der Waals surface area contributed by atoms with Crippen LogP contribution in [0.4, 0.5) is 0 Å². The van der Waals surface area contributed by atoms with Gasteiger partial charge in [-0.3, -0.25) is 4.79 Å². The van der Waals surface area contributed by atoms with Crippen LogP contribution in [-0.4, -0.2) is 26.5 Å². The summed E-state index contributed by atoms with van der Waals surface area (Å²) in [6.45, 7) is 4.83. The van der Waals surface area contributed by atoms with E-state index in [4.69, 9.17) is 0 Å². The molecule has 0 saturated carbocycles. The molecule has 0 rings (SSSR count). The van der Waals surface area contributed by atoms with Gasteiger partial charge in [0, 0.05) is 0 Å². The van der Waals surface area contributed by atoms with Gasteiger partial charge in [0.05, 0.1) is 6.04 Å². The number of hydrogen-bond donors (Lipinski definition) is 2. The van der Waals surface area contributed by atoms with Crippen LogP contribution in [0.5, 0.6) is 0 Å². The number of nitrogens with one attached hydrogen (secondary N) is 2. The highest BCUT2D eigenvalue weighted by atomic mass is 16.1. The van der Waals surface area contributed by atoms with Gasteiger partial charge in [0.15, 0.2) is 0 Å². The number of amides is 1.